The molecule has 1 aliphatic rings. The number of hydrogen-bond acceptors (Lipinski definition) is 5. The van der Waals surface area contributed by atoms with Gasteiger partial charge in [-0.25, -0.2) is 0 Å². The number of nitrogens with zero attached hydrogens (tertiary/aromatic N) is 3. The van der Waals surface area contributed by atoms with Gasteiger partial charge in [0.25, 0.3) is 0 Å². The van der Waals surface area contributed by atoms with Crippen LogP contribution in [0.25, 0.3) is 11.3 Å². The van der Waals surface area contributed by atoms with Crippen molar-refractivity contribution < 1.29 is 18.3 Å². The van der Waals surface area contributed by atoms with Crippen LogP contribution in [0.15, 0.2) is 24.3 Å². The number of aryl methyl sites for hydroxylation is 1. The Morgan fingerprint density at radius 3 is 2.63 bits per heavy atom. The normalized spacial score (nSPS) is 18.5. The molecular formula is C19H23F3N4O. The van der Waals surface area contributed by atoms with Gasteiger partial charge in [0.1, 0.15) is 11.6 Å². The number of rotatable bonds is 4. The molecule has 1 aromatic heterocycles. The van der Waals surface area contributed by atoms with E-state index in [0.29, 0.717) is 23.1 Å². The van der Waals surface area contributed by atoms with Crippen LogP contribution in [-0.2, 0) is 6.18 Å². The van der Waals surface area contributed by atoms with Gasteiger partial charge >= 0.3 is 6.18 Å². The number of piperidine rings is 1. The monoisotopic (exact) mass is 380 g/mol. The van der Waals surface area contributed by atoms with Crippen LogP contribution in [0.3, 0.4) is 0 Å². The largest absolute Gasteiger partial charge is 0.507 e. The van der Waals surface area contributed by atoms with E-state index in [0.717, 1.165) is 44.6 Å². The molecule has 1 aromatic carbocycles. The van der Waals surface area contributed by atoms with Crippen molar-refractivity contribution in [1.82, 2.24) is 15.1 Å². The first-order valence-electron chi connectivity index (χ1n) is 9.01. The van der Waals surface area contributed by atoms with Crippen LogP contribution >= 0.6 is 0 Å². The predicted octanol–water partition coefficient (Wildman–Crippen LogP) is 4.07. The van der Waals surface area contributed by atoms with Crippen molar-refractivity contribution in [3.8, 4) is 17.0 Å². The summed E-state index contributed by atoms with van der Waals surface area (Å²) in [5.74, 6) is 0.161. The number of alkyl halides is 3. The van der Waals surface area contributed by atoms with Crippen molar-refractivity contribution in [1.29, 1.82) is 0 Å². The molecule has 0 aliphatic carbocycles. The van der Waals surface area contributed by atoms with E-state index in [1.807, 2.05) is 0 Å². The third-order valence-corrected chi connectivity index (χ3v) is 4.87. The lowest BCUT2D eigenvalue weighted by molar-refractivity contribution is -0.137. The van der Waals surface area contributed by atoms with E-state index < -0.39 is 17.5 Å². The maximum atomic E-state index is 12.9. The fourth-order valence-electron chi connectivity index (χ4n) is 3.48. The van der Waals surface area contributed by atoms with Gasteiger partial charge in [-0.3, -0.25) is 0 Å². The molecule has 146 valence electrons. The summed E-state index contributed by atoms with van der Waals surface area (Å²) in [7, 11) is 0. The molecule has 27 heavy (non-hydrogen) atoms. The van der Waals surface area contributed by atoms with Gasteiger partial charge in [0.2, 0.25) is 0 Å². The molecule has 0 saturated carbocycles. The first-order chi connectivity index (χ1) is 12.8. The number of phenolic OH excluding ortho intramolecular Hbond substituents is 1. The van der Waals surface area contributed by atoms with Gasteiger partial charge in [-0.2, -0.15) is 13.2 Å². The van der Waals surface area contributed by atoms with Gasteiger partial charge < -0.3 is 15.3 Å². The van der Waals surface area contributed by atoms with E-state index >= 15 is 0 Å². The standard InChI is InChI=1S/C19H23F3N4O/c1-3-26-8-4-5-14(11-26)23-17-7-6-15(24-25-17)18-12(2)9-13(10-16(18)27)19(20,21)22/h6-7,9-10,14,27H,3-5,8,11H2,1-2H3,(H,23,25)/t14-/m0/s1. The van der Waals surface area contributed by atoms with Crippen molar-refractivity contribution in [3.05, 3.63) is 35.4 Å². The third kappa shape index (κ3) is 4.50. The average molecular weight is 380 g/mol. The van der Waals surface area contributed by atoms with Crippen LogP contribution in [0.4, 0.5) is 19.0 Å². The van der Waals surface area contributed by atoms with E-state index in [1.165, 1.54) is 6.92 Å². The quantitative estimate of drug-likeness (QED) is 0.837. The molecule has 0 bridgehead atoms. The Balaban J connectivity index is 1.78. The van der Waals surface area contributed by atoms with Crippen molar-refractivity contribution in [2.45, 2.75) is 38.9 Å². The summed E-state index contributed by atoms with van der Waals surface area (Å²) in [6, 6.07) is 5.41. The highest BCUT2D eigenvalue weighted by molar-refractivity contribution is 5.71. The molecule has 5 nitrogen and oxygen atoms in total. The Labute approximate surface area is 156 Å². The number of nitrogens with one attached hydrogen (secondary N) is 1. The van der Waals surface area contributed by atoms with E-state index in [1.54, 1.807) is 12.1 Å². The molecule has 1 saturated heterocycles. The number of benzene rings is 1. The summed E-state index contributed by atoms with van der Waals surface area (Å²) in [6.07, 6.45) is -2.33. The maximum Gasteiger partial charge on any atom is 0.416 e. The van der Waals surface area contributed by atoms with Crippen LogP contribution in [-0.4, -0.2) is 45.9 Å². The number of halogens is 3. The third-order valence-electron chi connectivity index (χ3n) is 4.87. The van der Waals surface area contributed by atoms with E-state index in [9.17, 15) is 18.3 Å². The molecule has 2 aromatic rings. The maximum absolute atomic E-state index is 12.9. The Bertz CT molecular complexity index is 770. The second-order valence-electron chi connectivity index (χ2n) is 6.87. The topological polar surface area (TPSA) is 61.3 Å². The Hall–Kier alpha value is -2.35. The van der Waals surface area contributed by atoms with Gasteiger partial charge in [0.05, 0.1) is 11.3 Å². The summed E-state index contributed by atoms with van der Waals surface area (Å²) in [4.78, 5) is 2.37. The Morgan fingerprint density at radius 1 is 1.26 bits per heavy atom. The van der Waals surface area contributed by atoms with Crippen LogP contribution in [0.2, 0.25) is 0 Å². The highest BCUT2D eigenvalue weighted by atomic mass is 19.4. The Kier molecular flexibility index (Phi) is 5.55. The minimum Gasteiger partial charge on any atom is -0.507 e. The molecule has 2 heterocycles. The van der Waals surface area contributed by atoms with Gasteiger partial charge in [0.15, 0.2) is 0 Å². The minimum absolute atomic E-state index is 0.261. The number of hydrogen-bond donors (Lipinski definition) is 2. The predicted molar refractivity (Wildman–Crippen MR) is 97.6 cm³/mol. The summed E-state index contributed by atoms with van der Waals surface area (Å²) in [5.41, 5.74) is 0.00783. The first kappa shape index (κ1) is 19.4. The SMILES string of the molecule is CCN1CCC[C@H](Nc2ccc(-c3c(C)cc(C(F)(F)F)cc3O)nn2)C1. The fourth-order valence-corrected chi connectivity index (χ4v) is 3.48. The zero-order valence-electron chi connectivity index (χ0n) is 15.3. The zero-order chi connectivity index (χ0) is 19.6. The fraction of sp³-hybridized carbons (Fsp3) is 0.474. The summed E-state index contributed by atoms with van der Waals surface area (Å²) >= 11 is 0. The lowest BCUT2D eigenvalue weighted by Gasteiger charge is -2.32. The average Bonchev–Trinajstić information content (AvgIpc) is 2.62. The van der Waals surface area contributed by atoms with Gasteiger partial charge in [0, 0.05) is 18.2 Å². The lowest BCUT2D eigenvalue weighted by atomic mass is 10.0. The number of aromatic hydroxyl groups is 1. The molecule has 0 amide bonds. The second kappa shape index (κ2) is 7.72. The zero-order valence-corrected chi connectivity index (χ0v) is 15.3. The highest BCUT2D eigenvalue weighted by Crippen LogP contribution is 2.38. The summed E-state index contributed by atoms with van der Waals surface area (Å²) in [5, 5.41) is 21.7. The molecule has 0 unspecified atom stereocenters. The van der Waals surface area contributed by atoms with Crippen LogP contribution in [0.1, 0.15) is 30.9 Å². The van der Waals surface area contributed by atoms with Crippen molar-refractivity contribution in [2.75, 3.05) is 25.0 Å². The van der Waals surface area contributed by atoms with Crippen molar-refractivity contribution >= 4 is 5.82 Å². The number of aromatic nitrogens is 2. The number of anilines is 1. The number of likely N-dealkylation sites (tertiary alicyclic amines) is 1. The van der Waals surface area contributed by atoms with Crippen molar-refractivity contribution in [3.63, 3.8) is 0 Å². The number of phenols is 1. The van der Waals surface area contributed by atoms with Gasteiger partial charge in [-0.15, -0.1) is 10.2 Å². The van der Waals surface area contributed by atoms with Crippen LogP contribution in [0.5, 0.6) is 5.75 Å². The van der Waals surface area contributed by atoms with E-state index in [2.05, 4.69) is 27.3 Å². The summed E-state index contributed by atoms with van der Waals surface area (Å²) in [6.45, 7) is 6.70. The number of likely N-dealkylation sites (N-methyl/N-ethyl adjacent to an activating group) is 1. The molecule has 1 fully saturated rings. The molecule has 0 spiro atoms. The second-order valence-corrected chi connectivity index (χ2v) is 6.87. The molecular weight excluding hydrogens is 357 g/mol. The highest BCUT2D eigenvalue weighted by Gasteiger charge is 2.32. The molecule has 1 aliphatic heterocycles. The van der Waals surface area contributed by atoms with Crippen molar-refractivity contribution in [2.24, 2.45) is 0 Å². The molecule has 3 rings (SSSR count). The molecule has 0 radical (unpaired) electrons. The minimum atomic E-state index is -4.51. The van der Waals surface area contributed by atoms with E-state index in [-0.39, 0.29) is 5.56 Å². The lowest BCUT2D eigenvalue weighted by Crippen LogP contribution is -2.42. The van der Waals surface area contributed by atoms with Crippen LogP contribution < -0.4 is 5.32 Å². The van der Waals surface area contributed by atoms with Crippen LogP contribution in [0, 0.1) is 6.92 Å². The smallest absolute Gasteiger partial charge is 0.416 e. The molecule has 8 heteroatoms. The van der Waals surface area contributed by atoms with Gasteiger partial charge in [-0.1, -0.05) is 6.92 Å². The van der Waals surface area contributed by atoms with E-state index in [4.69, 9.17) is 0 Å². The first-order valence-corrected chi connectivity index (χ1v) is 9.01. The Morgan fingerprint density at radius 2 is 2.04 bits per heavy atom. The summed E-state index contributed by atoms with van der Waals surface area (Å²) < 4.78 is 38.6. The molecule has 1 atom stereocenters. The molecule has 2 N–H and O–H groups in total. The van der Waals surface area contributed by atoms with Gasteiger partial charge in [-0.05, 0) is 62.7 Å².